The number of rotatable bonds is 5. The van der Waals surface area contributed by atoms with E-state index >= 15 is 0 Å². The van der Waals surface area contributed by atoms with Crippen molar-refractivity contribution >= 4 is 17.6 Å². The molecule has 30 heavy (non-hydrogen) atoms. The van der Waals surface area contributed by atoms with Gasteiger partial charge < -0.3 is 9.64 Å². The third kappa shape index (κ3) is 4.05. The number of carbonyl (C=O) groups is 2. The summed E-state index contributed by atoms with van der Waals surface area (Å²) >= 11 is 0. The Morgan fingerprint density at radius 3 is 2.63 bits per heavy atom. The van der Waals surface area contributed by atoms with E-state index < -0.39 is 11.6 Å². The number of halogens is 2. The van der Waals surface area contributed by atoms with Crippen molar-refractivity contribution in [1.82, 2.24) is 14.8 Å². The monoisotopic (exact) mass is 412 g/mol. The molecule has 7 nitrogen and oxygen atoms in total. The van der Waals surface area contributed by atoms with E-state index in [1.165, 1.54) is 17.8 Å². The summed E-state index contributed by atoms with van der Waals surface area (Å²) in [5, 5.41) is 4.33. The molecule has 0 saturated heterocycles. The van der Waals surface area contributed by atoms with Crippen molar-refractivity contribution in [1.29, 1.82) is 0 Å². The van der Waals surface area contributed by atoms with Gasteiger partial charge in [0.25, 0.3) is 5.91 Å². The normalized spacial score (nSPS) is 13.3. The second kappa shape index (κ2) is 8.02. The van der Waals surface area contributed by atoms with Gasteiger partial charge in [-0.15, -0.1) is 0 Å². The minimum Gasteiger partial charge on any atom is -0.466 e. The van der Waals surface area contributed by atoms with Gasteiger partial charge in [-0.2, -0.15) is 5.10 Å². The molecule has 3 heterocycles. The minimum atomic E-state index is -0.719. The van der Waals surface area contributed by atoms with Gasteiger partial charge in [-0.05, 0) is 23.8 Å². The number of pyridine rings is 1. The molecule has 1 aliphatic heterocycles. The number of esters is 1. The summed E-state index contributed by atoms with van der Waals surface area (Å²) < 4.78 is 33.3. The Hall–Kier alpha value is -3.62. The molecule has 3 aromatic rings. The lowest BCUT2D eigenvalue weighted by molar-refractivity contribution is -0.140. The van der Waals surface area contributed by atoms with Crippen molar-refractivity contribution in [3.8, 4) is 5.69 Å². The first-order valence-corrected chi connectivity index (χ1v) is 9.35. The lowest BCUT2D eigenvalue weighted by Crippen LogP contribution is -2.37. The molecule has 0 saturated carbocycles. The van der Waals surface area contributed by atoms with E-state index in [9.17, 15) is 18.4 Å². The number of amides is 1. The Bertz CT molecular complexity index is 1110. The van der Waals surface area contributed by atoms with Crippen molar-refractivity contribution in [2.24, 2.45) is 0 Å². The zero-order valence-electron chi connectivity index (χ0n) is 16.1. The molecule has 9 heteroatoms. The Kier molecular flexibility index (Phi) is 5.26. The summed E-state index contributed by atoms with van der Waals surface area (Å²) in [5.41, 5.74) is 2.60. The van der Waals surface area contributed by atoms with Gasteiger partial charge in [-0.3, -0.25) is 14.6 Å². The van der Waals surface area contributed by atoms with Crippen LogP contribution in [0.3, 0.4) is 0 Å². The second-order valence-electron chi connectivity index (χ2n) is 6.91. The summed E-state index contributed by atoms with van der Waals surface area (Å²) in [6.07, 6.45) is 5.70. The van der Waals surface area contributed by atoms with Crippen molar-refractivity contribution in [3.63, 3.8) is 0 Å². The van der Waals surface area contributed by atoms with Crippen LogP contribution in [0.4, 0.5) is 14.5 Å². The Morgan fingerprint density at radius 1 is 1.13 bits per heavy atom. The second-order valence-corrected chi connectivity index (χ2v) is 6.91. The lowest BCUT2D eigenvalue weighted by Gasteiger charge is -2.26. The molecule has 1 amide bonds. The molecule has 0 radical (unpaired) electrons. The van der Waals surface area contributed by atoms with E-state index in [0.29, 0.717) is 36.3 Å². The first-order valence-electron chi connectivity index (χ1n) is 9.35. The number of aromatic nitrogens is 3. The van der Waals surface area contributed by atoms with Crippen LogP contribution >= 0.6 is 0 Å². The van der Waals surface area contributed by atoms with Crippen LogP contribution in [-0.4, -0.2) is 39.8 Å². The molecule has 154 valence electrons. The maximum atomic E-state index is 13.5. The van der Waals surface area contributed by atoms with Crippen LogP contribution in [0.5, 0.6) is 0 Å². The highest BCUT2D eigenvalue weighted by molar-refractivity contribution is 6.07. The molecular formula is C21H18F2N4O3. The average molecular weight is 412 g/mol. The molecule has 4 rings (SSSR count). The van der Waals surface area contributed by atoms with Crippen molar-refractivity contribution < 1.29 is 23.1 Å². The summed E-state index contributed by atoms with van der Waals surface area (Å²) in [6, 6.07) is 4.91. The van der Waals surface area contributed by atoms with Gasteiger partial charge in [0.05, 0.1) is 35.4 Å². The van der Waals surface area contributed by atoms with Crippen LogP contribution in [0.1, 0.15) is 28.5 Å². The number of hydrogen-bond donors (Lipinski definition) is 0. The fourth-order valence-electron chi connectivity index (χ4n) is 3.36. The van der Waals surface area contributed by atoms with Crippen molar-refractivity contribution in [2.45, 2.75) is 19.8 Å². The quantitative estimate of drug-likeness (QED) is 0.603. The van der Waals surface area contributed by atoms with E-state index in [1.807, 2.05) is 6.07 Å². The number of anilines is 1. The standard InChI is InChI=1S/C21H18F2N4O3/c1-13(28)30-5-3-14-6-18(11-24-10-14)26-4-2-20-19(21(26)29)12-27(25-20)17-8-15(22)7-16(23)9-17/h6-12H,2-5H2,1H3. The topological polar surface area (TPSA) is 77.3 Å². The SMILES string of the molecule is CC(=O)OCCc1cncc(N2CCc3nn(-c4cc(F)cc(F)c4)cc3C2=O)c1. The molecular weight excluding hydrogens is 394 g/mol. The number of hydrogen-bond acceptors (Lipinski definition) is 5. The summed E-state index contributed by atoms with van der Waals surface area (Å²) in [4.78, 5) is 29.7. The van der Waals surface area contributed by atoms with Gasteiger partial charge >= 0.3 is 5.97 Å². The largest absolute Gasteiger partial charge is 0.466 e. The number of nitrogens with zero attached hydrogens (tertiary/aromatic N) is 4. The van der Waals surface area contributed by atoms with E-state index in [0.717, 1.165) is 23.8 Å². The highest BCUT2D eigenvalue weighted by atomic mass is 19.1. The van der Waals surface area contributed by atoms with E-state index in [4.69, 9.17) is 4.74 Å². The van der Waals surface area contributed by atoms with Crippen molar-refractivity contribution in [2.75, 3.05) is 18.1 Å². The van der Waals surface area contributed by atoms with Gasteiger partial charge in [0.15, 0.2) is 0 Å². The number of fused-ring (bicyclic) bond motifs is 1. The van der Waals surface area contributed by atoms with E-state index in [2.05, 4.69) is 10.1 Å². The van der Waals surface area contributed by atoms with Crippen LogP contribution in [0.15, 0.2) is 42.9 Å². The summed E-state index contributed by atoms with van der Waals surface area (Å²) in [5.74, 6) is -2.06. The number of benzene rings is 1. The fraction of sp³-hybridized carbons (Fsp3) is 0.238. The van der Waals surface area contributed by atoms with Crippen LogP contribution in [0, 0.1) is 11.6 Å². The number of ether oxygens (including phenoxy) is 1. The molecule has 0 N–H and O–H groups in total. The van der Waals surface area contributed by atoms with Gasteiger partial charge in [0.1, 0.15) is 11.6 Å². The maximum Gasteiger partial charge on any atom is 0.302 e. The molecule has 0 spiro atoms. The lowest BCUT2D eigenvalue weighted by atomic mass is 10.1. The summed E-state index contributed by atoms with van der Waals surface area (Å²) in [7, 11) is 0. The molecule has 0 atom stereocenters. The third-order valence-electron chi connectivity index (χ3n) is 4.74. The summed E-state index contributed by atoms with van der Waals surface area (Å²) in [6.45, 7) is 1.97. The molecule has 0 unspecified atom stereocenters. The Balaban J connectivity index is 1.57. The van der Waals surface area contributed by atoms with Gasteiger partial charge in [0, 0.05) is 44.8 Å². The maximum absolute atomic E-state index is 13.5. The molecule has 2 aromatic heterocycles. The predicted octanol–water partition coefficient (Wildman–Crippen LogP) is 2.85. The molecule has 0 fully saturated rings. The molecule has 0 bridgehead atoms. The van der Waals surface area contributed by atoms with Crippen LogP contribution in [0.2, 0.25) is 0 Å². The molecule has 1 aromatic carbocycles. The van der Waals surface area contributed by atoms with Gasteiger partial charge in [0.2, 0.25) is 0 Å². The molecule has 0 aliphatic carbocycles. The number of carbonyl (C=O) groups excluding carboxylic acids is 2. The zero-order chi connectivity index (χ0) is 21.3. The van der Waals surface area contributed by atoms with Gasteiger partial charge in [-0.1, -0.05) is 0 Å². The fourth-order valence-corrected chi connectivity index (χ4v) is 3.36. The smallest absolute Gasteiger partial charge is 0.302 e. The zero-order valence-corrected chi connectivity index (χ0v) is 16.1. The minimum absolute atomic E-state index is 0.204. The van der Waals surface area contributed by atoms with E-state index in [-0.39, 0.29) is 24.2 Å². The Morgan fingerprint density at radius 2 is 1.90 bits per heavy atom. The highest BCUT2D eigenvalue weighted by Gasteiger charge is 2.29. The van der Waals surface area contributed by atoms with Crippen LogP contribution in [0.25, 0.3) is 5.69 Å². The van der Waals surface area contributed by atoms with Gasteiger partial charge in [-0.25, -0.2) is 13.5 Å². The predicted molar refractivity (Wildman–Crippen MR) is 103 cm³/mol. The first-order chi connectivity index (χ1) is 14.4. The Labute approximate surface area is 170 Å². The third-order valence-corrected chi connectivity index (χ3v) is 4.74. The van der Waals surface area contributed by atoms with Crippen LogP contribution < -0.4 is 4.90 Å². The average Bonchev–Trinajstić information content (AvgIpc) is 3.13. The van der Waals surface area contributed by atoms with E-state index in [1.54, 1.807) is 17.3 Å². The first kappa shape index (κ1) is 19.7. The molecule has 1 aliphatic rings. The van der Waals surface area contributed by atoms with Crippen LogP contribution in [-0.2, 0) is 22.4 Å². The highest BCUT2D eigenvalue weighted by Crippen LogP contribution is 2.25. The van der Waals surface area contributed by atoms with Crippen molar-refractivity contribution in [3.05, 3.63) is 71.3 Å².